The predicted octanol–water partition coefficient (Wildman–Crippen LogP) is 4.49. The molecule has 118 valence electrons. The Morgan fingerprint density at radius 1 is 0.875 bits per heavy atom. The van der Waals surface area contributed by atoms with Crippen LogP contribution in [0.5, 0.6) is 0 Å². The van der Waals surface area contributed by atoms with Crippen LogP contribution in [0, 0.1) is 10.1 Å². The van der Waals surface area contributed by atoms with Crippen LogP contribution in [0.1, 0.15) is 11.1 Å². The van der Waals surface area contributed by atoms with Crippen molar-refractivity contribution in [2.24, 2.45) is 5.16 Å². The highest BCUT2D eigenvalue weighted by molar-refractivity contribution is 6.16. The Morgan fingerprint density at radius 3 is 2.12 bits per heavy atom. The molecule has 0 bridgehead atoms. The number of oxime groups is 1. The molecular weight excluding hydrogens is 304 g/mol. The lowest BCUT2D eigenvalue weighted by Gasteiger charge is -2.11. The van der Waals surface area contributed by atoms with Crippen molar-refractivity contribution >= 4 is 11.4 Å². The number of hydrogen-bond acceptors (Lipinski definition) is 4. The Bertz CT molecular complexity index is 888. The zero-order valence-corrected chi connectivity index (χ0v) is 12.7. The smallest absolute Gasteiger partial charge is 0.269 e. The second-order valence-corrected chi connectivity index (χ2v) is 5.16. The second kappa shape index (κ2) is 6.75. The summed E-state index contributed by atoms with van der Waals surface area (Å²) in [6, 6.07) is 23.3. The van der Waals surface area contributed by atoms with Crippen molar-refractivity contribution in [2.75, 3.05) is 0 Å². The summed E-state index contributed by atoms with van der Waals surface area (Å²) in [4.78, 5) is 10.3. The van der Waals surface area contributed by atoms with Gasteiger partial charge in [-0.1, -0.05) is 59.8 Å². The molecule has 0 fully saturated rings. The van der Waals surface area contributed by atoms with Crippen LogP contribution in [0.2, 0.25) is 0 Å². The lowest BCUT2D eigenvalue weighted by Crippen LogP contribution is -2.05. The molecule has 0 heterocycles. The highest BCUT2D eigenvalue weighted by Gasteiger charge is 2.14. The molecule has 0 amide bonds. The van der Waals surface area contributed by atoms with Crippen LogP contribution in [0.25, 0.3) is 11.1 Å². The summed E-state index contributed by atoms with van der Waals surface area (Å²) in [7, 11) is 0. The van der Waals surface area contributed by atoms with Gasteiger partial charge in [-0.05, 0) is 23.3 Å². The lowest BCUT2D eigenvalue weighted by atomic mass is 9.93. The van der Waals surface area contributed by atoms with Crippen LogP contribution in [-0.4, -0.2) is 15.8 Å². The minimum Gasteiger partial charge on any atom is -0.410 e. The van der Waals surface area contributed by atoms with Crippen molar-refractivity contribution in [1.29, 1.82) is 0 Å². The van der Waals surface area contributed by atoms with Crippen LogP contribution in [0.4, 0.5) is 5.69 Å². The Balaban J connectivity index is 2.08. The Kier molecular flexibility index (Phi) is 4.34. The van der Waals surface area contributed by atoms with Crippen molar-refractivity contribution in [3.63, 3.8) is 0 Å². The van der Waals surface area contributed by atoms with Gasteiger partial charge in [0.2, 0.25) is 0 Å². The van der Waals surface area contributed by atoms with Gasteiger partial charge in [-0.15, -0.1) is 0 Å². The SMILES string of the molecule is O=[N+]([O-])c1ccc(C(=NO)c2ccccc2-c2ccccc2)cc1. The monoisotopic (exact) mass is 318 g/mol. The maximum absolute atomic E-state index is 10.8. The molecule has 0 atom stereocenters. The number of nitrogens with zero attached hydrogens (tertiary/aromatic N) is 2. The first-order valence-electron chi connectivity index (χ1n) is 7.32. The van der Waals surface area contributed by atoms with Crippen molar-refractivity contribution in [1.82, 2.24) is 0 Å². The molecule has 0 aromatic heterocycles. The van der Waals surface area contributed by atoms with Gasteiger partial charge in [0, 0.05) is 23.3 Å². The van der Waals surface area contributed by atoms with Crippen LogP contribution in [-0.2, 0) is 0 Å². The van der Waals surface area contributed by atoms with E-state index in [4.69, 9.17) is 0 Å². The third-order valence-corrected chi connectivity index (χ3v) is 3.72. The predicted molar refractivity (Wildman–Crippen MR) is 92.4 cm³/mol. The third-order valence-electron chi connectivity index (χ3n) is 3.72. The Labute approximate surface area is 138 Å². The van der Waals surface area contributed by atoms with E-state index in [2.05, 4.69) is 5.16 Å². The minimum atomic E-state index is -0.461. The molecule has 5 nitrogen and oxygen atoms in total. The van der Waals surface area contributed by atoms with E-state index in [1.165, 1.54) is 12.1 Å². The number of nitro groups is 1. The molecule has 5 heteroatoms. The van der Waals surface area contributed by atoms with Gasteiger partial charge in [0.15, 0.2) is 0 Å². The standard InChI is InChI=1S/C19H14N2O3/c22-20-19(15-10-12-16(13-11-15)21(23)24)18-9-5-4-8-17(18)14-6-2-1-3-7-14/h1-13,22H. The van der Waals surface area contributed by atoms with E-state index >= 15 is 0 Å². The Hall–Kier alpha value is -3.47. The van der Waals surface area contributed by atoms with E-state index in [0.29, 0.717) is 11.3 Å². The van der Waals surface area contributed by atoms with E-state index in [1.54, 1.807) is 12.1 Å². The molecule has 1 N–H and O–H groups in total. The molecular formula is C19H14N2O3. The van der Waals surface area contributed by atoms with E-state index in [1.807, 2.05) is 54.6 Å². The quantitative estimate of drug-likeness (QED) is 0.333. The highest BCUT2D eigenvalue weighted by atomic mass is 16.6. The summed E-state index contributed by atoms with van der Waals surface area (Å²) in [6.45, 7) is 0. The van der Waals surface area contributed by atoms with Crippen LogP contribution in [0.3, 0.4) is 0 Å². The first-order valence-corrected chi connectivity index (χ1v) is 7.32. The number of non-ortho nitro benzene ring substituents is 1. The van der Waals surface area contributed by atoms with Crippen molar-refractivity contribution in [3.8, 4) is 11.1 Å². The molecule has 0 saturated heterocycles. The molecule has 0 aliphatic heterocycles. The second-order valence-electron chi connectivity index (χ2n) is 5.16. The maximum Gasteiger partial charge on any atom is 0.269 e. The molecule has 3 aromatic rings. The minimum absolute atomic E-state index is 0.00705. The van der Waals surface area contributed by atoms with Gasteiger partial charge in [0.05, 0.1) is 4.92 Å². The lowest BCUT2D eigenvalue weighted by molar-refractivity contribution is -0.384. The maximum atomic E-state index is 10.8. The molecule has 0 radical (unpaired) electrons. The Morgan fingerprint density at radius 2 is 1.50 bits per heavy atom. The van der Waals surface area contributed by atoms with Crippen molar-refractivity contribution in [2.45, 2.75) is 0 Å². The van der Waals surface area contributed by atoms with E-state index < -0.39 is 4.92 Å². The summed E-state index contributed by atoms with van der Waals surface area (Å²) in [5.74, 6) is 0. The van der Waals surface area contributed by atoms with E-state index in [0.717, 1.165) is 16.7 Å². The van der Waals surface area contributed by atoms with Gasteiger partial charge in [-0.2, -0.15) is 0 Å². The zero-order valence-electron chi connectivity index (χ0n) is 12.7. The summed E-state index contributed by atoms with van der Waals surface area (Å²) in [5, 5.41) is 23.8. The highest BCUT2D eigenvalue weighted by Crippen LogP contribution is 2.26. The topological polar surface area (TPSA) is 75.7 Å². The summed E-state index contributed by atoms with van der Waals surface area (Å²) >= 11 is 0. The molecule has 24 heavy (non-hydrogen) atoms. The number of nitro benzene ring substituents is 1. The van der Waals surface area contributed by atoms with Crippen LogP contribution in [0.15, 0.2) is 84.0 Å². The van der Waals surface area contributed by atoms with Crippen molar-refractivity contribution < 1.29 is 10.1 Å². The zero-order chi connectivity index (χ0) is 16.9. The summed E-state index contributed by atoms with van der Waals surface area (Å²) in [6.07, 6.45) is 0. The molecule has 0 aliphatic rings. The molecule has 0 spiro atoms. The largest absolute Gasteiger partial charge is 0.410 e. The summed E-state index contributed by atoms with van der Waals surface area (Å²) < 4.78 is 0. The van der Waals surface area contributed by atoms with Gasteiger partial charge in [-0.3, -0.25) is 10.1 Å². The third kappa shape index (κ3) is 3.01. The fourth-order valence-corrected chi connectivity index (χ4v) is 2.57. The molecule has 0 unspecified atom stereocenters. The molecule has 3 rings (SSSR count). The average molecular weight is 318 g/mol. The van der Waals surface area contributed by atoms with Gasteiger partial charge in [-0.25, -0.2) is 0 Å². The van der Waals surface area contributed by atoms with Crippen molar-refractivity contribution in [3.05, 3.63) is 100 Å². The van der Waals surface area contributed by atoms with Gasteiger partial charge in [0.1, 0.15) is 5.71 Å². The number of benzene rings is 3. The first kappa shape index (κ1) is 15.4. The van der Waals surface area contributed by atoms with Gasteiger partial charge in [0.25, 0.3) is 5.69 Å². The van der Waals surface area contributed by atoms with Crippen LogP contribution >= 0.6 is 0 Å². The molecule has 0 aliphatic carbocycles. The number of hydrogen-bond donors (Lipinski definition) is 1. The van der Waals surface area contributed by atoms with Gasteiger partial charge < -0.3 is 5.21 Å². The molecule has 0 saturated carbocycles. The normalized spacial score (nSPS) is 11.2. The van der Waals surface area contributed by atoms with E-state index in [-0.39, 0.29) is 5.69 Å². The fraction of sp³-hybridized carbons (Fsp3) is 0. The van der Waals surface area contributed by atoms with Crippen LogP contribution < -0.4 is 0 Å². The van der Waals surface area contributed by atoms with E-state index in [9.17, 15) is 15.3 Å². The number of rotatable bonds is 4. The fourth-order valence-electron chi connectivity index (χ4n) is 2.57. The first-order chi connectivity index (χ1) is 11.7. The van der Waals surface area contributed by atoms with Gasteiger partial charge >= 0.3 is 0 Å². The molecule has 3 aromatic carbocycles. The average Bonchev–Trinajstić information content (AvgIpc) is 2.64. The summed E-state index contributed by atoms with van der Waals surface area (Å²) in [5.41, 5.74) is 3.63.